The molecule has 0 radical (unpaired) electrons. The number of hydrogen-bond donors (Lipinski definition) is 1. The lowest BCUT2D eigenvalue weighted by Gasteiger charge is -2.11. The van der Waals surface area contributed by atoms with Crippen molar-refractivity contribution in [3.8, 4) is 0 Å². The Bertz CT molecular complexity index is 1090. The summed E-state index contributed by atoms with van der Waals surface area (Å²) in [5.74, 6) is 0.0638. The summed E-state index contributed by atoms with van der Waals surface area (Å²) in [6.07, 6.45) is 2.24. The number of aryl methyl sites for hydroxylation is 1. The van der Waals surface area contributed by atoms with Crippen molar-refractivity contribution in [1.29, 1.82) is 0 Å². The number of carbonyl (C=O) groups excluding carboxylic acids is 1. The van der Waals surface area contributed by atoms with E-state index in [9.17, 15) is 18.0 Å². The summed E-state index contributed by atoms with van der Waals surface area (Å²) in [7, 11) is -1.99. The fourth-order valence-electron chi connectivity index (χ4n) is 2.95. The van der Waals surface area contributed by atoms with Crippen LogP contribution in [0.2, 0.25) is 0 Å². The Labute approximate surface area is 169 Å². The fraction of sp³-hybridized carbons (Fsp3) is 0.368. The van der Waals surface area contributed by atoms with Gasteiger partial charge in [-0.25, -0.2) is 4.68 Å². The molecule has 0 saturated carbocycles. The van der Waals surface area contributed by atoms with Gasteiger partial charge in [-0.3, -0.25) is 9.59 Å². The zero-order valence-corrected chi connectivity index (χ0v) is 17.1. The number of likely N-dealkylation sites (tertiary alicyclic amines) is 1. The van der Waals surface area contributed by atoms with Crippen molar-refractivity contribution in [2.24, 2.45) is 4.40 Å². The van der Waals surface area contributed by atoms with Crippen LogP contribution in [-0.2, 0) is 16.6 Å². The summed E-state index contributed by atoms with van der Waals surface area (Å²) in [4.78, 5) is 26.0. The summed E-state index contributed by atoms with van der Waals surface area (Å²) in [6.45, 7) is 3.12. The first-order valence-corrected chi connectivity index (χ1v) is 10.8. The lowest BCUT2D eigenvalue weighted by molar-refractivity contribution is 0.101. The summed E-state index contributed by atoms with van der Waals surface area (Å²) in [5, 5.41) is 6.70. The minimum atomic E-state index is -3.81. The van der Waals surface area contributed by atoms with Gasteiger partial charge in [0.05, 0.1) is 4.90 Å². The van der Waals surface area contributed by atoms with Crippen molar-refractivity contribution in [3.63, 3.8) is 0 Å². The lowest BCUT2D eigenvalue weighted by atomic mass is 10.3. The molecule has 1 aromatic carbocycles. The topological polar surface area (TPSA) is 114 Å². The molecule has 0 unspecified atom stereocenters. The molecule has 0 bridgehead atoms. The molecule has 1 fully saturated rings. The molecule has 10 heteroatoms. The third kappa shape index (κ3) is 4.89. The van der Waals surface area contributed by atoms with E-state index in [0.717, 1.165) is 13.0 Å². The molecule has 2 aromatic rings. The Hall–Kier alpha value is -3.01. The number of hydrogen-bond acceptors (Lipinski definition) is 5. The van der Waals surface area contributed by atoms with Gasteiger partial charge in [0.1, 0.15) is 11.5 Å². The fourth-order valence-corrected chi connectivity index (χ4v) is 4.04. The van der Waals surface area contributed by atoms with E-state index in [1.807, 2.05) is 18.9 Å². The van der Waals surface area contributed by atoms with Crippen molar-refractivity contribution in [3.05, 3.63) is 52.4 Å². The van der Waals surface area contributed by atoms with Crippen LogP contribution < -0.4 is 10.9 Å². The van der Waals surface area contributed by atoms with Crippen molar-refractivity contribution < 1.29 is 13.2 Å². The van der Waals surface area contributed by atoms with Crippen LogP contribution in [0.5, 0.6) is 0 Å². The number of anilines is 1. The maximum atomic E-state index is 12.5. The van der Waals surface area contributed by atoms with Crippen molar-refractivity contribution in [2.45, 2.75) is 37.6 Å². The van der Waals surface area contributed by atoms with Gasteiger partial charge in [-0.15, -0.1) is 4.40 Å². The van der Waals surface area contributed by atoms with E-state index in [-0.39, 0.29) is 16.1 Å². The van der Waals surface area contributed by atoms with E-state index >= 15 is 0 Å². The highest BCUT2D eigenvalue weighted by Crippen LogP contribution is 2.19. The molecule has 0 spiro atoms. The van der Waals surface area contributed by atoms with Crippen LogP contribution in [0.25, 0.3) is 0 Å². The number of nitrogens with one attached hydrogen (secondary N) is 1. The molecule has 1 amide bonds. The highest BCUT2D eigenvalue weighted by atomic mass is 32.2. The Morgan fingerprint density at radius 3 is 2.55 bits per heavy atom. The number of rotatable bonds is 6. The third-order valence-corrected chi connectivity index (χ3v) is 5.82. The summed E-state index contributed by atoms with van der Waals surface area (Å²) in [6, 6.07) is 8.44. The van der Waals surface area contributed by atoms with Gasteiger partial charge < -0.3 is 10.2 Å². The molecule has 2 heterocycles. The Balaban J connectivity index is 1.74. The van der Waals surface area contributed by atoms with Crippen LogP contribution in [-0.4, -0.2) is 48.4 Å². The number of aromatic nitrogens is 2. The van der Waals surface area contributed by atoms with Crippen LogP contribution in [0.3, 0.4) is 0 Å². The standard InChI is InChI=1S/C19H23N5O4S/c1-3-12-24-18(25)11-10-16(21-24)19(26)20-14-6-8-15(9-7-14)29(27,28)22-17-5-4-13-23(17)2/h6-11H,3-5,12-13H2,1-2H3,(H,20,26). The number of sulfonamides is 1. The van der Waals surface area contributed by atoms with Crippen LogP contribution in [0.1, 0.15) is 36.7 Å². The first-order valence-electron chi connectivity index (χ1n) is 9.35. The Morgan fingerprint density at radius 2 is 1.93 bits per heavy atom. The largest absolute Gasteiger partial charge is 0.362 e. The first kappa shape index (κ1) is 20.7. The van der Waals surface area contributed by atoms with E-state index in [2.05, 4.69) is 14.8 Å². The maximum Gasteiger partial charge on any atom is 0.283 e. The van der Waals surface area contributed by atoms with Gasteiger partial charge in [-0.1, -0.05) is 6.92 Å². The van der Waals surface area contributed by atoms with Crippen LogP contribution in [0, 0.1) is 0 Å². The molecule has 1 aliphatic rings. The average Bonchev–Trinajstić information content (AvgIpc) is 3.08. The molecular weight excluding hydrogens is 394 g/mol. The van der Waals surface area contributed by atoms with Gasteiger partial charge in [0.2, 0.25) is 0 Å². The monoisotopic (exact) mass is 417 g/mol. The molecule has 154 valence electrons. The van der Waals surface area contributed by atoms with Gasteiger partial charge in [-0.05, 0) is 43.2 Å². The summed E-state index contributed by atoms with van der Waals surface area (Å²) >= 11 is 0. The number of carbonyl (C=O) groups is 1. The minimum absolute atomic E-state index is 0.0536. The van der Waals surface area contributed by atoms with Gasteiger partial charge in [0, 0.05) is 38.3 Å². The zero-order valence-electron chi connectivity index (χ0n) is 16.3. The molecule has 1 aliphatic heterocycles. The predicted octanol–water partition coefficient (Wildman–Crippen LogP) is 1.72. The number of nitrogens with zero attached hydrogens (tertiary/aromatic N) is 4. The molecule has 1 saturated heterocycles. The van der Waals surface area contributed by atoms with Crippen LogP contribution >= 0.6 is 0 Å². The van der Waals surface area contributed by atoms with E-state index in [0.29, 0.717) is 30.9 Å². The predicted molar refractivity (Wildman–Crippen MR) is 110 cm³/mol. The summed E-state index contributed by atoms with van der Waals surface area (Å²) < 4.78 is 30.1. The molecular formula is C19H23N5O4S. The van der Waals surface area contributed by atoms with E-state index < -0.39 is 15.9 Å². The van der Waals surface area contributed by atoms with Crippen molar-refractivity contribution in [2.75, 3.05) is 18.9 Å². The summed E-state index contributed by atoms with van der Waals surface area (Å²) in [5.41, 5.74) is 0.243. The number of amides is 1. The molecule has 1 N–H and O–H groups in total. The molecule has 9 nitrogen and oxygen atoms in total. The minimum Gasteiger partial charge on any atom is -0.362 e. The van der Waals surface area contributed by atoms with Crippen LogP contribution in [0.15, 0.2) is 50.5 Å². The maximum absolute atomic E-state index is 12.5. The zero-order chi connectivity index (χ0) is 21.0. The number of amidine groups is 1. The SMILES string of the molecule is CCCn1nc(C(=O)Nc2ccc(S(=O)(=O)N=C3CCCN3C)cc2)ccc1=O. The highest BCUT2D eigenvalue weighted by Gasteiger charge is 2.20. The first-order chi connectivity index (χ1) is 13.8. The van der Waals surface area contributed by atoms with Gasteiger partial charge >= 0.3 is 0 Å². The Morgan fingerprint density at radius 1 is 1.21 bits per heavy atom. The molecule has 0 aliphatic carbocycles. The van der Waals surface area contributed by atoms with Crippen LogP contribution in [0.4, 0.5) is 5.69 Å². The normalized spacial score (nSPS) is 15.7. The van der Waals surface area contributed by atoms with Gasteiger partial charge in [0.15, 0.2) is 0 Å². The second kappa shape index (κ2) is 8.56. The highest BCUT2D eigenvalue weighted by molar-refractivity contribution is 7.90. The third-order valence-electron chi connectivity index (χ3n) is 4.50. The van der Waals surface area contributed by atoms with Gasteiger partial charge in [0.25, 0.3) is 21.5 Å². The van der Waals surface area contributed by atoms with Crippen molar-refractivity contribution in [1.82, 2.24) is 14.7 Å². The average molecular weight is 417 g/mol. The van der Waals surface area contributed by atoms with E-state index in [1.165, 1.54) is 41.1 Å². The molecule has 29 heavy (non-hydrogen) atoms. The molecule has 1 aromatic heterocycles. The second-order valence-electron chi connectivity index (χ2n) is 6.77. The van der Waals surface area contributed by atoms with Gasteiger partial charge in [-0.2, -0.15) is 13.5 Å². The quantitative estimate of drug-likeness (QED) is 0.766. The van der Waals surface area contributed by atoms with E-state index in [1.54, 1.807) is 0 Å². The van der Waals surface area contributed by atoms with E-state index in [4.69, 9.17) is 0 Å². The Kier molecular flexibility index (Phi) is 6.12. The smallest absolute Gasteiger partial charge is 0.283 e. The lowest BCUT2D eigenvalue weighted by Crippen LogP contribution is -2.26. The second-order valence-corrected chi connectivity index (χ2v) is 8.37. The number of benzene rings is 1. The van der Waals surface area contributed by atoms with Crippen molar-refractivity contribution >= 4 is 27.5 Å². The molecule has 3 rings (SSSR count). The molecule has 0 atom stereocenters.